The molecule has 0 radical (unpaired) electrons. The molecule has 0 spiro atoms. The zero-order chi connectivity index (χ0) is 21.6. The Bertz CT molecular complexity index is 1130. The Hall–Kier alpha value is -2.76. The van der Waals surface area contributed by atoms with Gasteiger partial charge in [0, 0.05) is 24.3 Å². The van der Waals surface area contributed by atoms with Crippen LogP contribution >= 0.6 is 0 Å². The average Bonchev–Trinajstić information content (AvgIpc) is 3.01. The van der Waals surface area contributed by atoms with Gasteiger partial charge in [0.05, 0.1) is 11.2 Å². The van der Waals surface area contributed by atoms with E-state index < -0.39 is 0 Å². The normalized spacial score (nSPS) is 14.2. The van der Waals surface area contributed by atoms with E-state index >= 15 is 0 Å². The molecule has 0 saturated heterocycles. The van der Waals surface area contributed by atoms with Gasteiger partial charge in [-0.2, -0.15) is 0 Å². The van der Waals surface area contributed by atoms with Crippen LogP contribution in [0.2, 0.25) is 0 Å². The third-order valence-electron chi connectivity index (χ3n) is 5.42. The van der Waals surface area contributed by atoms with E-state index in [1.807, 2.05) is 19.2 Å². The van der Waals surface area contributed by atoms with Crippen LogP contribution in [0.4, 0.5) is 10.3 Å². The molecular weight excluding hydrogens is 377 g/mol. The van der Waals surface area contributed by atoms with E-state index in [-0.39, 0.29) is 17.3 Å². The molecule has 6 heteroatoms. The predicted octanol–water partition coefficient (Wildman–Crippen LogP) is 5.69. The van der Waals surface area contributed by atoms with Crippen LogP contribution in [0.3, 0.4) is 0 Å². The van der Waals surface area contributed by atoms with Gasteiger partial charge in [-0.05, 0) is 62.3 Å². The zero-order valence-corrected chi connectivity index (χ0v) is 18.7. The molecule has 30 heavy (non-hydrogen) atoms. The lowest BCUT2D eigenvalue weighted by Crippen LogP contribution is -2.21. The number of halogens is 1. The monoisotopic (exact) mass is 407 g/mol. The number of imidazole rings is 1. The van der Waals surface area contributed by atoms with Crippen molar-refractivity contribution in [3.63, 3.8) is 0 Å². The van der Waals surface area contributed by atoms with Crippen molar-refractivity contribution in [2.45, 2.75) is 60.4 Å². The summed E-state index contributed by atoms with van der Waals surface area (Å²) in [4.78, 5) is 13.7. The number of aryl methyl sites for hydroxylation is 2. The first-order valence-electron chi connectivity index (χ1n) is 10.6. The number of hydrogen-bond donors (Lipinski definition) is 1. The number of rotatable bonds is 4. The predicted molar refractivity (Wildman–Crippen MR) is 120 cm³/mol. The van der Waals surface area contributed by atoms with E-state index in [1.165, 1.54) is 0 Å². The summed E-state index contributed by atoms with van der Waals surface area (Å²) in [5.41, 5.74) is 5.24. The van der Waals surface area contributed by atoms with Crippen molar-refractivity contribution >= 4 is 22.6 Å². The molecule has 2 heterocycles. The molecule has 0 fully saturated rings. The highest BCUT2D eigenvalue weighted by Gasteiger charge is 2.21. The third-order valence-corrected chi connectivity index (χ3v) is 5.42. The van der Waals surface area contributed by atoms with Crippen molar-refractivity contribution in [1.82, 2.24) is 19.5 Å². The molecule has 0 unspecified atom stereocenters. The van der Waals surface area contributed by atoms with Crippen LogP contribution in [0.5, 0.6) is 0 Å². The van der Waals surface area contributed by atoms with Gasteiger partial charge in [-0.3, -0.25) is 0 Å². The highest BCUT2D eigenvalue weighted by Crippen LogP contribution is 2.34. The number of anilines is 1. The Balaban J connectivity index is 1.75. The lowest BCUT2D eigenvalue weighted by Gasteiger charge is -2.21. The highest BCUT2D eigenvalue weighted by atomic mass is 19.1. The van der Waals surface area contributed by atoms with Crippen LogP contribution in [-0.4, -0.2) is 26.1 Å². The van der Waals surface area contributed by atoms with Crippen LogP contribution in [0.25, 0.3) is 16.6 Å². The SMILES string of the molecule is Cc1nc2c(F)cc(C3=CCCc4nc(NCC(C)(C)C)ncc43)cc2n1C(C)C. The molecule has 5 nitrogen and oxygen atoms in total. The second kappa shape index (κ2) is 7.49. The lowest BCUT2D eigenvalue weighted by molar-refractivity contribution is 0.441. The van der Waals surface area contributed by atoms with E-state index in [2.05, 4.69) is 60.5 Å². The minimum absolute atomic E-state index is 0.148. The first-order valence-corrected chi connectivity index (χ1v) is 10.6. The van der Waals surface area contributed by atoms with Gasteiger partial charge in [0.15, 0.2) is 5.82 Å². The Labute approximate surface area is 177 Å². The number of benzene rings is 1. The Kier molecular flexibility index (Phi) is 5.12. The van der Waals surface area contributed by atoms with Crippen molar-refractivity contribution in [1.29, 1.82) is 0 Å². The molecule has 2 aromatic heterocycles. The van der Waals surface area contributed by atoms with E-state index in [1.54, 1.807) is 6.07 Å². The van der Waals surface area contributed by atoms with Gasteiger partial charge in [-0.25, -0.2) is 19.3 Å². The molecule has 158 valence electrons. The number of nitrogens with one attached hydrogen (secondary N) is 1. The second-order valence-electron chi connectivity index (χ2n) is 9.57. The fourth-order valence-electron chi connectivity index (χ4n) is 4.07. The minimum atomic E-state index is -0.289. The highest BCUT2D eigenvalue weighted by molar-refractivity contribution is 5.88. The third kappa shape index (κ3) is 3.83. The molecule has 3 aromatic rings. The largest absolute Gasteiger partial charge is 0.354 e. The fourth-order valence-corrected chi connectivity index (χ4v) is 4.07. The maximum atomic E-state index is 15.0. The van der Waals surface area contributed by atoms with E-state index in [0.717, 1.165) is 53.1 Å². The van der Waals surface area contributed by atoms with Crippen LogP contribution in [0.1, 0.15) is 69.7 Å². The quantitative estimate of drug-likeness (QED) is 0.603. The number of aromatic nitrogens is 4. The summed E-state index contributed by atoms with van der Waals surface area (Å²) < 4.78 is 17.1. The average molecular weight is 408 g/mol. The van der Waals surface area contributed by atoms with Crippen molar-refractivity contribution in [3.8, 4) is 0 Å². The van der Waals surface area contributed by atoms with E-state index in [9.17, 15) is 4.39 Å². The van der Waals surface area contributed by atoms with Crippen LogP contribution in [0.15, 0.2) is 24.4 Å². The number of fused-ring (bicyclic) bond motifs is 2. The minimum Gasteiger partial charge on any atom is -0.354 e. The van der Waals surface area contributed by atoms with Crippen molar-refractivity contribution in [3.05, 3.63) is 52.9 Å². The standard InChI is InChI=1S/C24H30FN5/c1-14(2)30-15(3)28-22-19(25)10-16(11-21(22)30)17-8-7-9-20-18(17)12-26-23(29-20)27-13-24(4,5)6/h8,10-12,14H,7,9,13H2,1-6H3,(H,26,27,29). The molecule has 0 amide bonds. The summed E-state index contributed by atoms with van der Waals surface area (Å²) in [6.45, 7) is 13.4. The summed E-state index contributed by atoms with van der Waals surface area (Å²) in [6, 6.07) is 3.84. The number of nitrogens with zero attached hydrogens (tertiary/aromatic N) is 4. The van der Waals surface area contributed by atoms with Crippen molar-refractivity contribution in [2.75, 3.05) is 11.9 Å². The summed E-state index contributed by atoms with van der Waals surface area (Å²) in [6.07, 6.45) is 5.77. The zero-order valence-electron chi connectivity index (χ0n) is 18.7. The molecule has 1 aromatic carbocycles. The van der Waals surface area contributed by atoms with Gasteiger partial charge in [-0.1, -0.05) is 26.8 Å². The van der Waals surface area contributed by atoms with Gasteiger partial charge in [0.25, 0.3) is 0 Å². The molecule has 0 bridgehead atoms. The maximum absolute atomic E-state index is 15.0. The molecule has 0 aliphatic heterocycles. The van der Waals surface area contributed by atoms with Crippen molar-refractivity contribution in [2.24, 2.45) is 5.41 Å². The molecule has 0 atom stereocenters. The summed E-state index contributed by atoms with van der Waals surface area (Å²) >= 11 is 0. The first kappa shape index (κ1) is 20.5. The maximum Gasteiger partial charge on any atom is 0.222 e. The van der Waals surface area contributed by atoms with Crippen LogP contribution < -0.4 is 5.32 Å². The van der Waals surface area contributed by atoms with Crippen LogP contribution in [-0.2, 0) is 6.42 Å². The smallest absolute Gasteiger partial charge is 0.222 e. The van der Waals surface area contributed by atoms with Gasteiger partial charge >= 0.3 is 0 Å². The van der Waals surface area contributed by atoms with E-state index in [0.29, 0.717) is 11.5 Å². The van der Waals surface area contributed by atoms with Crippen LogP contribution in [0, 0.1) is 18.2 Å². The van der Waals surface area contributed by atoms with Gasteiger partial charge in [0.1, 0.15) is 11.3 Å². The number of hydrogen-bond acceptors (Lipinski definition) is 4. The van der Waals surface area contributed by atoms with Gasteiger partial charge in [-0.15, -0.1) is 0 Å². The molecule has 1 aliphatic carbocycles. The van der Waals surface area contributed by atoms with Crippen molar-refractivity contribution < 1.29 is 4.39 Å². The molecule has 1 aliphatic rings. The molecule has 1 N–H and O–H groups in total. The summed E-state index contributed by atoms with van der Waals surface area (Å²) in [7, 11) is 0. The Morgan fingerprint density at radius 2 is 1.97 bits per heavy atom. The Morgan fingerprint density at radius 3 is 2.67 bits per heavy atom. The molecule has 4 rings (SSSR count). The second-order valence-corrected chi connectivity index (χ2v) is 9.57. The first-order chi connectivity index (χ1) is 14.1. The summed E-state index contributed by atoms with van der Waals surface area (Å²) in [5.74, 6) is 1.19. The Morgan fingerprint density at radius 1 is 1.20 bits per heavy atom. The fraction of sp³-hybridized carbons (Fsp3) is 0.458. The van der Waals surface area contributed by atoms with E-state index in [4.69, 9.17) is 4.98 Å². The molecule has 0 saturated carbocycles. The van der Waals surface area contributed by atoms with Gasteiger partial charge in [0.2, 0.25) is 5.95 Å². The topological polar surface area (TPSA) is 55.6 Å². The lowest BCUT2D eigenvalue weighted by atomic mass is 9.90. The summed E-state index contributed by atoms with van der Waals surface area (Å²) in [5, 5.41) is 3.33. The number of allylic oxidation sites excluding steroid dienone is 1. The molecular formula is C24H30FN5. The van der Waals surface area contributed by atoms with Gasteiger partial charge < -0.3 is 9.88 Å².